The van der Waals surface area contributed by atoms with Crippen molar-refractivity contribution in [2.45, 2.75) is 0 Å². The van der Waals surface area contributed by atoms with E-state index in [0.717, 1.165) is 15.7 Å². The first kappa shape index (κ1) is 52.9. The number of fused-ring (bicyclic) bond motifs is 1. The number of halogens is 7. The molecule has 1 aromatic heterocycles. The zero-order valence-electron chi connectivity index (χ0n) is 20.9. The van der Waals surface area contributed by atoms with Crippen molar-refractivity contribution in [3.8, 4) is 11.3 Å². The van der Waals surface area contributed by atoms with Crippen LogP contribution in [-0.4, -0.2) is 141 Å². The molecule has 0 atom stereocenters. The normalized spacial score (nSPS) is 11.3. The molecule has 0 aliphatic heterocycles. The monoisotopic (exact) mass is 1460 g/mol. The molecule has 0 saturated heterocycles. The Hall–Kier alpha value is 0.138. The Morgan fingerprint density at radius 2 is 0.761 bits per heavy atom. The summed E-state index contributed by atoms with van der Waals surface area (Å²) in [7, 11) is 0. The topological polar surface area (TPSA) is 342 Å². The van der Waals surface area contributed by atoms with Crippen molar-refractivity contribution in [1.82, 2.24) is 4.98 Å². The third-order valence-corrected chi connectivity index (χ3v) is 3.39. The number of aromatic nitrogens is 1. The van der Waals surface area contributed by atoms with Crippen LogP contribution in [0.15, 0.2) is 59.1 Å². The Morgan fingerprint density at radius 3 is 1.02 bits per heavy atom. The van der Waals surface area contributed by atoms with Gasteiger partial charge in [-0.1, -0.05) is 52.3 Å². The van der Waals surface area contributed by atoms with Gasteiger partial charge >= 0.3 is 190 Å². The van der Waals surface area contributed by atoms with Crippen LogP contribution < -0.4 is 0 Å². The Labute approximate surface area is 288 Å². The first-order valence-corrected chi connectivity index (χ1v) is 32.9. The van der Waals surface area contributed by atoms with Crippen LogP contribution in [0.4, 0.5) is 17.4 Å². The van der Waals surface area contributed by atoms with Gasteiger partial charge in [-0.2, -0.15) is 0 Å². The van der Waals surface area contributed by atoms with Crippen LogP contribution in [0, 0.1) is 0 Å². The van der Waals surface area contributed by atoms with Crippen molar-refractivity contribution >= 4 is 142 Å². The predicted octanol–water partition coefficient (Wildman–Crippen LogP) is 0.0662. The number of benzene rings is 2. The van der Waals surface area contributed by atoms with E-state index in [4.69, 9.17) is 58.1 Å². The van der Waals surface area contributed by atoms with Crippen LogP contribution in [0.1, 0.15) is 0 Å². The summed E-state index contributed by atoms with van der Waals surface area (Å²) in [4.78, 5) is 3.42. The van der Waals surface area contributed by atoms with Crippen LogP contribution in [0.5, 0.6) is 0 Å². The van der Waals surface area contributed by atoms with Crippen LogP contribution in [-0.2, 0) is 37.3 Å². The summed E-state index contributed by atoms with van der Waals surface area (Å²) < 4.78 is 208. The SMILES string of the molecule is Brc1cccc2[nH]c(-c3ccccc3)cc12.O=[Te](=O)(O)F.O=[Te](=O)(O)F.O=[Te](=O)(O)F.O=[Te](=O)(O)F.O=[Te](=O)(O)F.O=[Te](=O)(O)F. The van der Waals surface area contributed by atoms with Crippen molar-refractivity contribution in [3.63, 3.8) is 0 Å². The summed E-state index contributed by atoms with van der Waals surface area (Å²) in [5.41, 5.74) is 3.53. The zero-order chi connectivity index (χ0) is 38.0. The van der Waals surface area contributed by atoms with Crippen LogP contribution in [0.2, 0.25) is 0 Å². The number of rotatable bonds is 1. The van der Waals surface area contributed by atoms with Gasteiger partial charge in [-0.05, 0) is 23.8 Å². The molecule has 0 amide bonds. The summed E-state index contributed by atoms with van der Waals surface area (Å²) in [5.74, 6) is 0. The van der Waals surface area contributed by atoms with Gasteiger partial charge in [-0.25, -0.2) is 0 Å². The Kier molecular flexibility index (Phi) is 27.1. The summed E-state index contributed by atoms with van der Waals surface area (Å²) in [5, 5.41) is 1.22. The van der Waals surface area contributed by atoms with E-state index in [1.807, 2.05) is 12.1 Å². The second-order valence-corrected chi connectivity index (χ2v) is 21.2. The maximum atomic E-state index is 10.3. The third kappa shape index (κ3) is 70.5. The Morgan fingerprint density at radius 1 is 0.478 bits per heavy atom. The number of hydrogen-bond acceptors (Lipinski definition) is 12. The van der Waals surface area contributed by atoms with Crippen LogP contribution >= 0.6 is 15.9 Å². The molecule has 3 aromatic rings. The average Bonchev–Trinajstić information content (AvgIpc) is 3.13. The van der Waals surface area contributed by atoms with Gasteiger partial charge in [0.1, 0.15) is 0 Å². The molecule has 1 heterocycles. The predicted molar refractivity (Wildman–Crippen MR) is 134 cm³/mol. The molecule has 0 saturated carbocycles. The zero-order valence-corrected chi connectivity index (χ0v) is 36.4. The van der Waals surface area contributed by atoms with E-state index in [0.29, 0.717) is 0 Å². The molecule has 0 aliphatic rings. The molecule has 0 aliphatic carbocycles. The van der Waals surface area contributed by atoms with Gasteiger partial charge < -0.3 is 4.98 Å². The summed E-state index contributed by atoms with van der Waals surface area (Å²) >= 11 is -32.6. The van der Waals surface area contributed by atoms with Crippen LogP contribution in [0.3, 0.4) is 0 Å². The molecule has 0 bridgehead atoms. The van der Waals surface area contributed by atoms with E-state index in [1.54, 1.807) is 0 Å². The molecule has 0 fully saturated rings. The van der Waals surface area contributed by atoms with Crippen LogP contribution in [0.25, 0.3) is 22.2 Å². The minimum atomic E-state index is -6.02. The number of hydrogen-bond donors (Lipinski definition) is 7. The first-order valence-electron chi connectivity index (χ1n) is 9.19. The van der Waals surface area contributed by atoms with Crippen molar-refractivity contribution in [3.05, 3.63) is 59.1 Å². The van der Waals surface area contributed by atoms with Crippen molar-refractivity contribution < 1.29 is 75.4 Å². The summed E-state index contributed by atoms with van der Waals surface area (Å²) in [6.45, 7) is 0. The fourth-order valence-electron chi connectivity index (χ4n) is 1.89. The number of nitrogens with one attached hydrogen (secondary N) is 1. The third-order valence-electron chi connectivity index (χ3n) is 2.70. The average molecular weight is 1450 g/mol. The standard InChI is InChI=1S/C14H10BrN.6FHO3Te/c15-12-7-4-8-13-11(12)9-14(16-13)10-5-2-1-3-6-10;6*1-5(2,3)4/h1-9,16H;6*(H,2,3,4). The Balaban J connectivity index is -0.000000249. The van der Waals surface area contributed by atoms with Gasteiger partial charge in [0, 0.05) is 21.1 Å². The van der Waals surface area contributed by atoms with E-state index in [2.05, 4.69) is 63.4 Å². The summed E-state index contributed by atoms with van der Waals surface area (Å²) in [6.07, 6.45) is 0. The molecule has 7 N–H and O–H groups in total. The van der Waals surface area contributed by atoms with E-state index < -0.39 is 115 Å². The molecule has 19 nitrogen and oxygen atoms in total. The minimum absolute atomic E-state index is 1.13. The molecule has 2 aromatic carbocycles. The van der Waals surface area contributed by atoms with Gasteiger partial charge in [0.15, 0.2) is 0 Å². The fourth-order valence-corrected chi connectivity index (χ4v) is 2.37. The maximum absolute atomic E-state index is 10.3. The van der Waals surface area contributed by atoms with Gasteiger partial charge in [0.25, 0.3) is 0 Å². The van der Waals surface area contributed by atoms with Crippen molar-refractivity contribution in [1.29, 1.82) is 0 Å². The molecule has 3 rings (SSSR count). The first-order chi connectivity index (χ1) is 19.8. The van der Waals surface area contributed by atoms with E-state index in [-0.39, 0.29) is 0 Å². The Bertz CT molecular complexity index is 1730. The molecule has 0 spiro atoms. The van der Waals surface area contributed by atoms with E-state index >= 15 is 0 Å². The fraction of sp³-hybridized carbons (Fsp3) is 0. The van der Waals surface area contributed by atoms with Gasteiger partial charge in [-0.15, -0.1) is 0 Å². The molecule has 46 heavy (non-hydrogen) atoms. The summed E-state index contributed by atoms with van der Waals surface area (Å²) in [6, 6.07) is 18.7. The van der Waals surface area contributed by atoms with Gasteiger partial charge in [0.05, 0.1) is 0 Å². The molecular weight excluding hydrogens is 1430 g/mol. The second kappa shape index (κ2) is 23.5. The number of aromatic amines is 1. The number of H-pyrrole nitrogens is 1. The van der Waals surface area contributed by atoms with Crippen molar-refractivity contribution in [2.24, 2.45) is 0 Å². The van der Waals surface area contributed by atoms with Gasteiger partial charge in [-0.3, -0.25) is 0 Å². The molecule has 270 valence electrons. The second-order valence-electron chi connectivity index (χ2n) is 6.22. The molecule has 0 radical (unpaired) electrons. The van der Waals surface area contributed by atoms with E-state index in [9.17, 15) is 17.4 Å². The van der Waals surface area contributed by atoms with E-state index in [1.165, 1.54) is 10.9 Å². The molecule has 0 unspecified atom stereocenters. The molecule has 32 heteroatoms. The van der Waals surface area contributed by atoms with Crippen molar-refractivity contribution in [2.75, 3.05) is 0 Å². The molecular formula is C14H16BrF6NO18Te6. The van der Waals surface area contributed by atoms with Gasteiger partial charge in [0.2, 0.25) is 0 Å². The quantitative estimate of drug-likeness (QED) is 0.125.